The molecule has 2 fully saturated rings. The maximum atomic E-state index is 11.6. The molecular weight excluding hydrogens is 278 g/mol. The van der Waals surface area contributed by atoms with Crippen molar-refractivity contribution >= 4 is 15.9 Å². The zero-order valence-corrected chi connectivity index (χ0v) is 12.9. The van der Waals surface area contributed by atoms with Gasteiger partial charge in [-0.2, -0.15) is 0 Å². The Balaban J connectivity index is 1.88. The lowest BCUT2D eigenvalue weighted by molar-refractivity contribution is -0.121. The molecule has 0 aromatic heterocycles. The smallest absolute Gasteiger partial charge is 0.234 e. The monoisotopic (exact) mass is 303 g/mol. The molecule has 3 atom stereocenters. The highest BCUT2D eigenvalue weighted by molar-refractivity contribution is 7.88. The molecule has 0 bridgehead atoms. The third-order valence-corrected chi connectivity index (χ3v) is 5.74. The van der Waals surface area contributed by atoms with Crippen LogP contribution >= 0.6 is 0 Å². The zero-order chi connectivity index (χ0) is 14.8. The fourth-order valence-corrected chi connectivity index (χ4v) is 4.36. The van der Waals surface area contributed by atoms with E-state index in [1.807, 2.05) is 0 Å². The number of primary amides is 1. The van der Waals surface area contributed by atoms with Crippen molar-refractivity contribution in [3.8, 4) is 0 Å². The largest absolute Gasteiger partial charge is 0.368 e. The van der Waals surface area contributed by atoms with Crippen LogP contribution < -0.4 is 11.1 Å². The van der Waals surface area contributed by atoms with Crippen LogP contribution in [0.15, 0.2) is 0 Å². The summed E-state index contributed by atoms with van der Waals surface area (Å²) in [5, 5.41) is 3.14. The van der Waals surface area contributed by atoms with Gasteiger partial charge in [0.25, 0.3) is 0 Å². The molecule has 2 saturated heterocycles. The van der Waals surface area contributed by atoms with Gasteiger partial charge in [0.15, 0.2) is 0 Å². The Bertz CT molecular complexity index is 452. The van der Waals surface area contributed by atoms with Crippen molar-refractivity contribution in [2.24, 2.45) is 17.6 Å². The molecule has 0 spiro atoms. The highest BCUT2D eigenvalue weighted by atomic mass is 32.2. The Morgan fingerprint density at radius 3 is 2.75 bits per heavy atom. The summed E-state index contributed by atoms with van der Waals surface area (Å²) in [6.45, 7) is 2.09. The first kappa shape index (κ1) is 15.7. The third kappa shape index (κ3) is 4.17. The van der Waals surface area contributed by atoms with Crippen molar-refractivity contribution in [1.29, 1.82) is 0 Å². The van der Waals surface area contributed by atoms with Crippen LogP contribution in [-0.2, 0) is 14.8 Å². The van der Waals surface area contributed by atoms with Gasteiger partial charge < -0.3 is 11.1 Å². The topological polar surface area (TPSA) is 92.5 Å². The number of nitrogens with one attached hydrogen (secondary N) is 1. The fourth-order valence-electron chi connectivity index (χ4n) is 3.42. The van der Waals surface area contributed by atoms with Gasteiger partial charge in [-0.3, -0.25) is 4.79 Å². The van der Waals surface area contributed by atoms with E-state index in [4.69, 9.17) is 5.73 Å². The number of amides is 1. The van der Waals surface area contributed by atoms with Crippen LogP contribution in [0.4, 0.5) is 0 Å². The quantitative estimate of drug-likeness (QED) is 0.758. The van der Waals surface area contributed by atoms with Crippen LogP contribution in [0.3, 0.4) is 0 Å². The minimum atomic E-state index is -3.08. The van der Waals surface area contributed by atoms with Gasteiger partial charge in [0.2, 0.25) is 15.9 Å². The van der Waals surface area contributed by atoms with Gasteiger partial charge in [-0.25, -0.2) is 12.7 Å². The highest BCUT2D eigenvalue weighted by Crippen LogP contribution is 2.29. The number of piperidine rings is 2. The molecule has 1 amide bonds. The summed E-state index contributed by atoms with van der Waals surface area (Å²) in [5.41, 5.74) is 5.35. The number of hydrogen-bond acceptors (Lipinski definition) is 4. The van der Waals surface area contributed by atoms with Gasteiger partial charge in [-0.15, -0.1) is 0 Å². The second-order valence-electron chi connectivity index (χ2n) is 6.16. The van der Waals surface area contributed by atoms with Gasteiger partial charge in [-0.05, 0) is 50.5 Å². The number of nitrogens with two attached hydrogens (primary N) is 1. The van der Waals surface area contributed by atoms with Gasteiger partial charge in [0.1, 0.15) is 0 Å². The van der Waals surface area contributed by atoms with Crippen LogP contribution in [0.1, 0.15) is 32.1 Å². The molecule has 2 aliphatic rings. The van der Waals surface area contributed by atoms with Crippen molar-refractivity contribution in [1.82, 2.24) is 9.62 Å². The van der Waals surface area contributed by atoms with Crippen molar-refractivity contribution in [2.45, 2.75) is 38.1 Å². The molecule has 3 N–H and O–H groups in total. The SMILES string of the molecule is CS(=O)(=O)N1CCCC(CC2CCNC(C(N)=O)C2)C1. The lowest BCUT2D eigenvalue weighted by Gasteiger charge is -2.35. The van der Waals surface area contributed by atoms with Crippen LogP contribution in [0.25, 0.3) is 0 Å². The Hall–Kier alpha value is -0.660. The van der Waals surface area contributed by atoms with Gasteiger partial charge >= 0.3 is 0 Å². The van der Waals surface area contributed by atoms with E-state index in [1.54, 1.807) is 4.31 Å². The second kappa shape index (κ2) is 6.41. The normalized spacial score (nSPS) is 33.0. The van der Waals surface area contributed by atoms with E-state index in [9.17, 15) is 13.2 Å². The predicted molar refractivity (Wildman–Crippen MR) is 77.5 cm³/mol. The average molecular weight is 303 g/mol. The molecule has 116 valence electrons. The molecule has 2 aliphatic heterocycles. The van der Waals surface area contributed by atoms with Crippen LogP contribution in [0.5, 0.6) is 0 Å². The summed E-state index contributed by atoms with van der Waals surface area (Å²) < 4.78 is 24.8. The van der Waals surface area contributed by atoms with E-state index in [0.717, 1.165) is 38.6 Å². The van der Waals surface area contributed by atoms with Gasteiger partial charge in [0.05, 0.1) is 12.3 Å². The standard InChI is InChI=1S/C13H25N3O3S/c1-20(18,19)16-6-2-3-11(9-16)7-10-4-5-15-12(8-10)13(14)17/h10-12,15H,2-9H2,1H3,(H2,14,17). The summed E-state index contributed by atoms with van der Waals surface area (Å²) in [7, 11) is -3.08. The summed E-state index contributed by atoms with van der Waals surface area (Å²) in [6, 6.07) is -0.219. The van der Waals surface area contributed by atoms with Crippen LogP contribution in [0, 0.1) is 11.8 Å². The van der Waals surface area contributed by atoms with Gasteiger partial charge in [-0.1, -0.05) is 0 Å². The first-order valence-corrected chi connectivity index (χ1v) is 9.19. The fraction of sp³-hybridized carbons (Fsp3) is 0.923. The summed E-state index contributed by atoms with van der Waals surface area (Å²) in [5.74, 6) is 0.601. The second-order valence-corrected chi connectivity index (χ2v) is 8.15. The highest BCUT2D eigenvalue weighted by Gasteiger charge is 2.30. The number of rotatable bonds is 4. The Morgan fingerprint density at radius 1 is 1.35 bits per heavy atom. The molecule has 0 aliphatic carbocycles. The lowest BCUT2D eigenvalue weighted by atomic mass is 9.82. The number of nitrogens with zero attached hydrogens (tertiary/aromatic N) is 1. The van der Waals surface area contributed by atoms with E-state index in [1.165, 1.54) is 6.26 Å². The molecule has 3 unspecified atom stereocenters. The average Bonchev–Trinajstić information content (AvgIpc) is 2.38. The zero-order valence-electron chi connectivity index (χ0n) is 12.0. The minimum absolute atomic E-state index is 0.219. The Morgan fingerprint density at radius 2 is 2.10 bits per heavy atom. The Labute approximate surface area is 121 Å². The van der Waals surface area contributed by atoms with E-state index in [2.05, 4.69) is 5.32 Å². The van der Waals surface area contributed by atoms with Crippen molar-refractivity contribution < 1.29 is 13.2 Å². The molecule has 2 heterocycles. The summed E-state index contributed by atoms with van der Waals surface area (Å²) in [6.07, 6.45) is 6.11. The molecule has 20 heavy (non-hydrogen) atoms. The van der Waals surface area contributed by atoms with Gasteiger partial charge in [0, 0.05) is 13.1 Å². The molecule has 7 heteroatoms. The van der Waals surface area contributed by atoms with E-state index in [-0.39, 0.29) is 11.9 Å². The van der Waals surface area contributed by atoms with Crippen LogP contribution in [0.2, 0.25) is 0 Å². The first-order valence-electron chi connectivity index (χ1n) is 7.34. The number of carbonyl (C=O) groups is 1. The molecule has 2 rings (SSSR count). The number of sulfonamides is 1. The van der Waals surface area contributed by atoms with Crippen molar-refractivity contribution in [3.05, 3.63) is 0 Å². The maximum absolute atomic E-state index is 11.6. The molecular formula is C13H25N3O3S. The predicted octanol–water partition coefficient (Wildman–Crippen LogP) is -0.0984. The molecule has 0 aromatic carbocycles. The van der Waals surface area contributed by atoms with Crippen LogP contribution in [-0.4, -0.2) is 50.6 Å². The number of hydrogen-bond donors (Lipinski definition) is 2. The van der Waals surface area contributed by atoms with E-state index in [0.29, 0.717) is 24.9 Å². The van der Waals surface area contributed by atoms with Crippen molar-refractivity contribution in [2.75, 3.05) is 25.9 Å². The third-order valence-electron chi connectivity index (χ3n) is 4.47. The summed E-state index contributed by atoms with van der Waals surface area (Å²) in [4.78, 5) is 11.2. The maximum Gasteiger partial charge on any atom is 0.234 e. The lowest BCUT2D eigenvalue weighted by Crippen LogP contribution is -2.47. The molecule has 0 aromatic rings. The van der Waals surface area contributed by atoms with E-state index >= 15 is 0 Å². The Kier molecular flexibility index (Phi) is 5.04. The van der Waals surface area contributed by atoms with E-state index < -0.39 is 10.0 Å². The van der Waals surface area contributed by atoms with Crippen molar-refractivity contribution in [3.63, 3.8) is 0 Å². The molecule has 0 saturated carbocycles. The first-order chi connectivity index (χ1) is 9.36. The molecule has 0 radical (unpaired) electrons. The molecule has 6 nitrogen and oxygen atoms in total. The summed E-state index contributed by atoms with van der Waals surface area (Å²) >= 11 is 0. The minimum Gasteiger partial charge on any atom is -0.368 e. The number of carbonyl (C=O) groups excluding carboxylic acids is 1.